The van der Waals surface area contributed by atoms with Gasteiger partial charge in [-0.15, -0.1) is 0 Å². The molecule has 1 aromatic rings. The smallest absolute Gasteiger partial charge is 0.338 e. The zero-order valence-electron chi connectivity index (χ0n) is 12.7. The predicted octanol–water partition coefficient (Wildman–Crippen LogP) is 3.01. The van der Waals surface area contributed by atoms with Gasteiger partial charge in [-0.1, -0.05) is 26.2 Å². The Hall–Kier alpha value is -1.88. The van der Waals surface area contributed by atoms with E-state index in [4.69, 9.17) is 9.47 Å². The Balaban J connectivity index is 2.38. The molecule has 0 aliphatic heterocycles. The molecule has 21 heavy (non-hydrogen) atoms. The molecule has 1 aromatic carbocycles. The fraction of sp³-hybridized carbons (Fsp3) is 0.500. The molecule has 0 radical (unpaired) electrons. The molecule has 0 saturated heterocycles. The van der Waals surface area contributed by atoms with Crippen LogP contribution in [0, 0.1) is 0 Å². The topological polar surface area (TPSA) is 64.6 Å². The number of methoxy groups -OCH3 is 1. The minimum Gasteiger partial charge on any atom is -0.462 e. The highest BCUT2D eigenvalue weighted by atomic mass is 16.5. The first-order chi connectivity index (χ1) is 10.2. The molecule has 0 saturated carbocycles. The lowest BCUT2D eigenvalue weighted by Gasteiger charge is -2.07. The lowest BCUT2D eigenvalue weighted by Crippen LogP contribution is -2.17. The Kier molecular flexibility index (Phi) is 8.12. The van der Waals surface area contributed by atoms with E-state index < -0.39 is 0 Å². The van der Waals surface area contributed by atoms with Gasteiger partial charge in [-0.25, -0.2) is 4.79 Å². The number of carbonyl (C=O) groups is 2. The quantitative estimate of drug-likeness (QED) is 0.561. The summed E-state index contributed by atoms with van der Waals surface area (Å²) in [5.41, 5.74) is 1.10. The van der Waals surface area contributed by atoms with E-state index in [2.05, 4.69) is 12.2 Å². The average Bonchev–Trinajstić information content (AvgIpc) is 2.48. The van der Waals surface area contributed by atoms with E-state index in [0.29, 0.717) is 17.9 Å². The summed E-state index contributed by atoms with van der Waals surface area (Å²) in [6, 6.07) is 6.61. The highest BCUT2D eigenvalue weighted by Gasteiger charge is 2.07. The van der Waals surface area contributed by atoms with Crippen LogP contribution in [0.4, 0.5) is 5.69 Å². The van der Waals surface area contributed by atoms with Crippen LogP contribution in [-0.2, 0) is 14.3 Å². The van der Waals surface area contributed by atoms with Gasteiger partial charge in [0.2, 0.25) is 5.91 Å². The molecular formula is C16H23NO4. The van der Waals surface area contributed by atoms with Crippen molar-refractivity contribution in [3.8, 4) is 0 Å². The Morgan fingerprint density at radius 3 is 2.43 bits per heavy atom. The highest BCUT2D eigenvalue weighted by molar-refractivity contribution is 5.93. The summed E-state index contributed by atoms with van der Waals surface area (Å²) < 4.78 is 9.91. The summed E-state index contributed by atoms with van der Waals surface area (Å²) in [6.07, 6.45) is 4.29. The third kappa shape index (κ3) is 6.90. The Labute approximate surface area is 125 Å². The van der Waals surface area contributed by atoms with Crippen LogP contribution in [0.15, 0.2) is 24.3 Å². The van der Waals surface area contributed by atoms with E-state index in [1.54, 1.807) is 24.3 Å². The normalized spacial score (nSPS) is 10.2. The maximum Gasteiger partial charge on any atom is 0.338 e. The van der Waals surface area contributed by atoms with Crippen molar-refractivity contribution < 1.29 is 19.1 Å². The van der Waals surface area contributed by atoms with Crippen molar-refractivity contribution >= 4 is 17.6 Å². The number of nitrogens with one attached hydrogen (secondary N) is 1. The largest absolute Gasteiger partial charge is 0.462 e. The summed E-state index contributed by atoms with van der Waals surface area (Å²) in [4.78, 5) is 23.1. The van der Waals surface area contributed by atoms with Gasteiger partial charge in [-0.3, -0.25) is 4.79 Å². The third-order valence-electron chi connectivity index (χ3n) is 2.91. The standard InChI is InChI=1S/C16H23NO4/c1-3-4-5-6-11-21-16(19)13-7-9-14(10-8-13)17-15(18)12-20-2/h7-10H,3-6,11-12H2,1-2H3,(H,17,18). The zero-order chi connectivity index (χ0) is 15.5. The fourth-order valence-electron chi connectivity index (χ4n) is 1.79. The van der Waals surface area contributed by atoms with Crippen LogP contribution in [0.2, 0.25) is 0 Å². The van der Waals surface area contributed by atoms with E-state index in [1.807, 2.05) is 0 Å². The monoisotopic (exact) mass is 293 g/mol. The van der Waals surface area contributed by atoms with E-state index in [9.17, 15) is 9.59 Å². The third-order valence-corrected chi connectivity index (χ3v) is 2.91. The van der Waals surface area contributed by atoms with Gasteiger partial charge >= 0.3 is 5.97 Å². The fourth-order valence-corrected chi connectivity index (χ4v) is 1.79. The maximum atomic E-state index is 11.8. The van der Waals surface area contributed by atoms with Gasteiger partial charge in [0.05, 0.1) is 12.2 Å². The minimum atomic E-state index is -0.332. The number of esters is 1. The molecule has 5 nitrogen and oxygen atoms in total. The molecule has 0 unspecified atom stereocenters. The van der Waals surface area contributed by atoms with E-state index >= 15 is 0 Å². The van der Waals surface area contributed by atoms with Gasteiger partial charge in [-0.05, 0) is 30.7 Å². The molecule has 5 heteroatoms. The van der Waals surface area contributed by atoms with Crippen LogP contribution in [0.25, 0.3) is 0 Å². The molecule has 0 bridgehead atoms. The van der Waals surface area contributed by atoms with Crippen molar-refractivity contribution in [3.63, 3.8) is 0 Å². The number of carbonyl (C=O) groups excluding carboxylic acids is 2. The van der Waals surface area contributed by atoms with E-state index in [0.717, 1.165) is 25.7 Å². The van der Waals surface area contributed by atoms with Gasteiger partial charge in [0.25, 0.3) is 0 Å². The second kappa shape index (κ2) is 9.94. The van der Waals surface area contributed by atoms with E-state index in [-0.39, 0.29) is 18.5 Å². The SMILES string of the molecule is CCCCCCOC(=O)c1ccc(NC(=O)COC)cc1. The van der Waals surface area contributed by atoms with Crippen molar-refractivity contribution in [2.45, 2.75) is 32.6 Å². The van der Waals surface area contributed by atoms with Gasteiger partial charge < -0.3 is 14.8 Å². The maximum absolute atomic E-state index is 11.8. The van der Waals surface area contributed by atoms with Gasteiger partial charge in [0.15, 0.2) is 0 Å². The lowest BCUT2D eigenvalue weighted by atomic mass is 10.2. The highest BCUT2D eigenvalue weighted by Crippen LogP contribution is 2.11. The molecule has 0 fully saturated rings. The Morgan fingerprint density at radius 2 is 1.81 bits per heavy atom. The van der Waals surface area contributed by atoms with Crippen LogP contribution in [0.5, 0.6) is 0 Å². The number of amides is 1. The number of ether oxygens (including phenoxy) is 2. The van der Waals surface area contributed by atoms with Crippen molar-refractivity contribution in [2.24, 2.45) is 0 Å². The summed E-state index contributed by atoms with van der Waals surface area (Å²) >= 11 is 0. The molecule has 1 rings (SSSR count). The Bertz CT molecular complexity index is 442. The van der Waals surface area contributed by atoms with Crippen LogP contribution in [0.1, 0.15) is 43.0 Å². The molecular weight excluding hydrogens is 270 g/mol. The van der Waals surface area contributed by atoms with Crippen molar-refractivity contribution in [2.75, 3.05) is 25.6 Å². The van der Waals surface area contributed by atoms with Crippen molar-refractivity contribution in [1.29, 1.82) is 0 Å². The summed E-state index contributed by atoms with van der Waals surface area (Å²) in [5, 5.41) is 2.66. The molecule has 0 atom stereocenters. The summed E-state index contributed by atoms with van der Waals surface area (Å²) in [5.74, 6) is -0.565. The summed E-state index contributed by atoms with van der Waals surface area (Å²) in [6.45, 7) is 2.59. The molecule has 1 N–H and O–H groups in total. The van der Waals surface area contributed by atoms with Crippen molar-refractivity contribution in [3.05, 3.63) is 29.8 Å². The minimum absolute atomic E-state index is 0.00154. The first kappa shape index (κ1) is 17.2. The number of rotatable bonds is 9. The summed E-state index contributed by atoms with van der Waals surface area (Å²) in [7, 11) is 1.46. The van der Waals surface area contributed by atoms with Gasteiger partial charge in [-0.2, -0.15) is 0 Å². The second-order valence-corrected chi connectivity index (χ2v) is 4.76. The lowest BCUT2D eigenvalue weighted by molar-refractivity contribution is -0.119. The molecule has 0 heterocycles. The number of benzene rings is 1. The number of unbranched alkanes of at least 4 members (excludes halogenated alkanes) is 3. The van der Waals surface area contributed by atoms with Crippen LogP contribution in [0.3, 0.4) is 0 Å². The molecule has 0 spiro atoms. The first-order valence-electron chi connectivity index (χ1n) is 7.23. The van der Waals surface area contributed by atoms with Gasteiger partial charge in [0.1, 0.15) is 6.61 Å². The van der Waals surface area contributed by atoms with Gasteiger partial charge in [0, 0.05) is 12.8 Å². The zero-order valence-corrected chi connectivity index (χ0v) is 12.7. The molecule has 116 valence electrons. The van der Waals surface area contributed by atoms with E-state index in [1.165, 1.54) is 7.11 Å². The number of hydrogen-bond acceptors (Lipinski definition) is 4. The molecule has 0 aromatic heterocycles. The number of anilines is 1. The Morgan fingerprint density at radius 1 is 1.10 bits per heavy atom. The van der Waals surface area contributed by atoms with Crippen LogP contribution in [-0.4, -0.2) is 32.2 Å². The van der Waals surface area contributed by atoms with Crippen LogP contribution < -0.4 is 5.32 Å². The second-order valence-electron chi connectivity index (χ2n) is 4.76. The average molecular weight is 293 g/mol. The molecule has 1 amide bonds. The molecule has 0 aliphatic carbocycles. The van der Waals surface area contributed by atoms with Crippen molar-refractivity contribution in [1.82, 2.24) is 0 Å². The predicted molar refractivity (Wildman–Crippen MR) is 81.4 cm³/mol. The molecule has 0 aliphatic rings. The van der Waals surface area contributed by atoms with Crippen LogP contribution >= 0.6 is 0 Å². The first-order valence-corrected chi connectivity index (χ1v) is 7.23. The number of hydrogen-bond donors (Lipinski definition) is 1.